The van der Waals surface area contributed by atoms with E-state index in [4.69, 9.17) is 0 Å². The van der Waals surface area contributed by atoms with Crippen LogP contribution in [0.1, 0.15) is 19.3 Å². The Balaban J connectivity index is 0.000000162. The van der Waals surface area contributed by atoms with Crippen molar-refractivity contribution in [3.05, 3.63) is 34.9 Å². The Labute approximate surface area is 123 Å². The van der Waals surface area contributed by atoms with Gasteiger partial charge in [0.2, 0.25) is 0 Å². The number of aromatic amines is 1. The van der Waals surface area contributed by atoms with Gasteiger partial charge in [0.25, 0.3) is 5.56 Å². The summed E-state index contributed by atoms with van der Waals surface area (Å²) in [5, 5.41) is 3.91. The molecule has 0 aliphatic carbocycles. The molecule has 6 nitrogen and oxygen atoms in total. The maximum Gasteiger partial charge on any atom is 0.471 e. The first-order valence-electron chi connectivity index (χ1n) is 6.77. The van der Waals surface area contributed by atoms with Crippen molar-refractivity contribution in [2.75, 3.05) is 13.1 Å². The van der Waals surface area contributed by atoms with Crippen molar-refractivity contribution in [1.82, 2.24) is 19.5 Å². The molecule has 2 aromatic rings. The molecule has 22 heavy (non-hydrogen) atoms. The Hall–Kier alpha value is -2.32. The third kappa shape index (κ3) is 4.09. The van der Waals surface area contributed by atoms with Crippen LogP contribution in [0.3, 0.4) is 0 Å². The molecule has 0 saturated carbocycles. The van der Waals surface area contributed by atoms with Crippen LogP contribution in [-0.4, -0.2) is 44.7 Å². The van der Waals surface area contributed by atoms with Gasteiger partial charge in [0.05, 0.1) is 6.20 Å². The maximum absolute atomic E-state index is 11.8. The molecule has 0 aromatic carbocycles. The Morgan fingerprint density at radius 1 is 1.18 bits per heavy atom. The largest absolute Gasteiger partial charge is 0.471 e. The minimum absolute atomic E-state index is 0.104. The van der Waals surface area contributed by atoms with E-state index in [1.165, 1.54) is 6.07 Å². The molecule has 0 spiro atoms. The molecule has 0 atom stereocenters. The number of carbonyl (C=O) groups is 1. The lowest BCUT2D eigenvalue weighted by molar-refractivity contribution is -0.186. The predicted octanol–water partition coefficient (Wildman–Crippen LogP) is 1.58. The van der Waals surface area contributed by atoms with Crippen LogP contribution in [0.5, 0.6) is 0 Å². The van der Waals surface area contributed by atoms with Gasteiger partial charge in [0, 0.05) is 31.4 Å². The van der Waals surface area contributed by atoms with E-state index in [1.807, 2.05) is 0 Å². The molecule has 9 heteroatoms. The number of carbonyl (C=O) groups excluding carboxylic acids is 1. The second-order valence-electron chi connectivity index (χ2n) is 4.82. The fraction of sp³-hybridized carbons (Fsp3) is 0.462. The lowest BCUT2D eigenvalue weighted by Crippen LogP contribution is -2.43. The fourth-order valence-corrected chi connectivity index (χ4v) is 2.11. The van der Waals surface area contributed by atoms with Gasteiger partial charge in [-0.3, -0.25) is 9.59 Å². The Bertz CT molecular complexity index is 686. The lowest BCUT2D eigenvalue weighted by atomic mass is 10.1. The number of halogens is 3. The molecule has 3 heterocycles. The summed E-state index contributed by atoms with van der Waals surface area (Å²) in [7, 11) is 0. The number of aromatic nitrogens is 3. The molecule has 2 aromatic heterocycles. The summed E-state index contributed by atoms with van der Waals surface area (Å²) < 4.78 is 37.1. The third-order valence-electron chi connectivity index (χ3n) is 3.17. The van der Waals surface area contributed by atoms with E-state index >= 15 is 0 Å². The monoisotopic (exact) mass is 316 g/mol. The highest BCUT2D eigenvalue weighted by molar-refractivity contribution is 5.81. The quantitative estimate of drug-likeness (QED) is 0.802. The standard InChI is InChI=1S/C7H10F3NO.C6H5N3O/c8-7(9,10)6(12)11-4-2-1-3-5-11;10-6-2-4-9-5(8-6)1-3-7-9/h1-5H2;1-4H,(H,8,10). The smallest absolute Gasteiger partial charge is 0.335 e. The van der Waals surface area contributed by atoms with Gasteiger partial charge in [-0.05, 0) is 19.3 Å². The summed E-state index contributed by atoms with van der Waals surface area (Å²) in [6.45, 7) is 0.497. The predicted molar refractivity (Wildman–Crippen MR) is 72.3 cm³/mol. The zero-order valence-electron chi connectivity index (χ0n) is 11.6. The highest BCUT2D eigenvalue weighted by atomic mass is 19.4. The second kappa shape index (κ2) is 6.63. The number of fused-ring (bicyclic) bond motifs is 1. The topological polar surface area (TPSA) is 70.5 Å². The van der Waals surface area contributed by atoms with Crippen LogP contribution < -0.4 is 5.56 Å². The van der Waals surface area contributed by atoms with E-state index in [2.05, 4.69) is 10.1 Å². The Morgan fingerprint density at radius 2 is 1.86 bits per heavy atom. The number of rotatable bonds is 0. The van der Waals surface area contributed by atoms with Gasteiger partial charge in [0.15, 0.2) is 0 Å². The molecule has 3 rings (SSSR count). The zero-order chi connectivity index (χ0) is 16.2. The number of alkyl halides is 3. The molecule has 120 valence electrons. The first-order valence-corrected chi connectivity index (χ1v) is 6.77. The van der Waals surface area contributed by atoms with Crippen LogP contribution in [0.4, 0.5) is 13.2 Å². The number of amides is 1. The molecule has 1 aliphatic heterocycles. The molecule has 0 bridgehead atoms. The third-order valence-corrected chi connectivity index (χ3v) is 3.17. The molecule has 1 aliphatic rings. The summed E-state index contributed by atoms with van der Waals surface area (Å²) in [5.41, 5.74) is 0.612. The minimum atomic E-state index is -4.70. The normalized spacial score (nSPS) is 15.3. The number of hydrogen-bond donors (Lipinski definition) is 1. The summed E-state index contributed by atoms with van der Waals surface area (Å²) in [6.07, 6.45) is 0.835. The van der Waals surface area contributed by atoms with Crippen LogP contribution in [0.25, 0.3) is 5.65 Å². The Kier molecular flexibility index (Phi) is 4.84. The molecule has 1 saturated heterocycles. The highest BCUT2D eigenvalue weighted by Gasteiger charge is 2.42. The zero-order valence-corrected chi connectivity index (χ0v) is 11.6. The van der Waals surface area contributed by atoms with Crippen LogP contribution in [0, 0.1) is 0 Å². The van der Waals surface area contributed by atoms with Crippen molar-refractivity contribution >= 4 is 11.6 Å². The number of nitrogens with zero attached hydrogens (tertiary/aromatic N) is 3. The minimum Gasteiger partial charge on any atom is -0.335 e. The van der Waals surface area contributed by atoms with Crippen molar-refractivity contribution in [2.45, 2.75) is 25.4 Å². The summed E-state index contributed by atoms with van der Waals surface area (Å²) >= 11 is 0. The number of nitrogens with one attached hydrogen (secondary N) is 1. The number of hydrogen-bond acceptors (Lipinski definition) is 3. The maximum atomic E-state index is 11.8. The highest BCUT2D eigenvalue weighted by Crippen LogP contribution is 2.20. The van der Waals surface area contributed by atoms with Crippen molar-refractivity contribution in [3.63, 3.8) is 0 Å². The average Bonchev–Trinajstić information content (AvgIpc) is 2.94. The van der Waals surface area contributed by atoms with Crippen molar-refractivity contribution in [3.8, 4) is 0 Å². The Morgan fingerprint density at radius 3 is 2.50 bits per heavy atom. The van der Waals surface area contributed by atoms with Crippen LogP contribution in [0.2, 0.25) is 0 Å². The summed E-state index contributed by atoms with van der Waals surface area (Å²) in [4.78, 5) is 24.8. The molecule has 1 fully saturated rings. The van der Waals surface area contributed by atoms with Crippen molar-refractivity contribution in [1.29, 1.82) is 0 Å². The molecular weight excluding hydrogens is 301 g/mol. The van der Waals surface area contributed by atoms with Gasteiger partial charge >= 0.3 is 12.1 Å². The van der Waals surface area contributed by atoms with Gasteiger partial charge in [0.1, 0.15) is 5.65 Å². The average molecular weight is 316 g/mol. The first-order chi connectivity index (χ1) is 10.4. The van der Waals surface area contributed by atoms with Gasteiger partial charge < -0.3 is 9.88 Å². The van der Waals surface area contributed by atoms with E-state index in [0.29, 0.717) is 18.5 Å². The van der Waals surface area contributed by atoms with E-state index in [-0.39, 0.29) is 18.6 Å². The van der Waals surface area contributed by atoms with E-state index in [1.54, 1.807) is 23.0 Å². The van der Waals surface area contributed by atoms with Crippen molar-refractivity contribution < 1.29 is 18.0 Å². The van der Waals surface area contributed by atoms with E-state index in [0.717, 1.165) is 11.3 Å². The van der Waals surface area contributed by atoms with Crippen LogP contribution >= 0.6 is 0 Å². The van der Waals surface area contributed by atoms with Gasteiger partial charge in [-0.25, -0.2) is 4.52 Å². The van der Waals surface area contributed by atoms with Crippen molar-refractivity contribution in [2.24, 2.45) is 0 Å². The summed E-state index contributed by atoms with van der Waals surface area (Å²) in [5.74, 6) is -1.69. The second-order valence-corrected chi connectivity index (χ2v) is 4.82. The fourth-order valence-electron chi connectivity index (χ4n) is 2.11. The van der Waals surface area contributed by atoms with Crippen LogP contribution in [0.15, 0.2) is 29.3 Å². The van der Waals surface area contributed by atoms with E-state index < -0.39 is 12.1 Å². The summed E-state index contributed by atoms with van der Waals surface area (Å²) in [6, 6.07) is 3.17. The molecule has 0 unspecified atom stereocenters. The number of piperidine rings is 1. The molecular formula is C13H15F3N4O2. The van der Waals surface area contributed by atoms with Gasteiger partial charge in [-0.15, -0.1) is 0 Å². The number of H-pyrrole nitrogens is 1. The van der Waals surface area contributed by atoms with Gasteiger partial charge in [-0.2, -0.15) is 18.3 Å². The first kappa shape index (κ1) is 16.1. The van der Waals surface area contributed by atoms with Gasteiger partial charge in [-0.1, -0.05) is 0 Å². The van der Waals surface area contributed by atoms with E-state index in [9.17, 15) is 22.8 Å². The SMILES string of the molecule is O=C(N1CCCCC1)C(F)(F)F.O=c1ccn2nccc2[nH]1. The van der Waals surface area contributed by atoms with Crippen LogP contribution in [-0.2, 0) is 4.79 Å². The lowest BCUT2D eigenvalue weighted by Gasteiger charge is -2.27. The molecule has 1 amide bonds. The molecule has 1 N–H and O–H groups in total. The number of likely N-dealkylation sites (tertiary alicyclic amines) is 1. The molecule has 0 radical (unpaired) electrons.